The van der Waals surface area contributed by atoms with Gasteiger partial charge in [-0.1, -0.05) is 43.7 Å². The molecule has 3 aromatic heterocycles. The fraction of sp³-hybridized carbons (Fsp3) is 0.391. The Bertz CT molecular complexity index is 1400. The topological polar surface area (TPSA) is 79.6 Å². The molecule has 8 nitrogen and oxygen atoms in total. The molecule has 0 N–H and O–H groups in total. The van der Waals surface area contributed by atoms with Gasteiger partial charge in [-0.25, -0.2) is 9.48 Å². The average Bonchev–Trinajstić information content (AvgIpc) is 3.22. The molecule has 31 heavy (non-hydrogen) atoms. The number of benzene rings is 1. The molecule has 4 aromatic rings. The lowest BCUT2D eigenvalue weighted by molar-refractivity contribution is 0.516. The first kappa shape index (κ1) is 20.8. The van der Waals surface area contributed by atoms with Gasteiger partial charge in [-0.05, 0) is 38.3 Å². The van der Waals surface area contributed by atoms with Crippen molar-refractivity contribution >= 4 is 11.2 Å². The number of rotatable bonds is 5. The summed E-state index contributed by atoms with van der Waals surface area (Å²) in [5.41, 5.74) is 3.86. The predicted octanol–water partition coefficient (Wildman–Crippen LogP) is 2.71. The normalized spacial score (nSPS) is 11.7. The van der Waals surface area contributed by atoms with Crippen LogP contribution in [-0.4, -0.2) is 28.5 Å². The molecule has 0 radical (unpaired) electrons. The van der Waals surface area contributed by atoms with E-state index in [1.54, 1.807) is 11.7 Å². The molecular weight excluding hydrogens is 392 g/mol. The second-order valence-corrected chi connectivity index (χ2v) is 8.65. The van der Waals surface area contributed by atoms with Crippen molar-refractivity contribution in [2.75, 3.05) is 0 Å². The van der Waals surface area contributed by atoms with E-state index in [4.69, 9.17) is 4.98 Å². The van der Waals surface area contributed by atoms with E-state index in [2.05, 4.69) is 18.9 Å². The zero-order valence-electron chi connectivity index (χ0n) is 18.9. The number of hydrogen-bond acceptors (Lipinski definition) is 4. The summed E-state index contributed by atoms with van der Waals surface area (Å²) >= 11 is 0. The lowest BCUT2D eigenvalue weighted by Crippen LogP contribution is -2.40. The van der Waals surface area contributed by atoms with Gasteiger partial charge in [0.1, 0.15) is 0 Å². The molecule has 162 valence electrons. The summed E-state index contributed by atoms with van der Waals surface area (Å²) in [4.78, 5) is 31.4. The van der Waals surface area contributed by atoms with Crippen LogP contribution >= 0.6 is 0 Å². The molecule has 4 rings (SSSR count). The van der Waals surface area contributed by atoms with Crippen LogP contribution in [0.1, 0.15) is 36.4 Å². The van der Waals surface area contributed by atoms with Crippen LogP contribution in [0, 0.1) is 26.7 Å². The van der Waals surface area contributed by atoms with Crippen LogP contribution in [0.3, 0.4) is 0 Å². The van der Waals surface area contributed by atoms with Gasteiger partial charge in [-0.15, -0.1) is 0 Å². The summed E-state index contributed by atoms with van der Waals surface area (Å²) in [5, 5.41) is 4.56. The minimum absolute atomic E-state index is 0.214. The van der Waals surface area contributed by atoms with Crippen LogP contribution in [-0.2, 0) is 20.1 Å². The van der Waals surface area contributed by atoms with E-state index in [1.807, 2.05) is 55.7 Å². The maximum absolute atomic E-state index is 13.6. The highest BCUT2D eigenvalue weighted by molar-refractivity contribution is 5.72. The molecule has 0 unspecified atom stereocenters. The second kappa shape index (κ2) is 7.68. The van der Waals surface area contributed by atoms with E-state index in [-0.39, 0.29) is 23.7 Å². The van der Waals surface area contributed by atoms with Gasteiger partial charge in [0.25, 0.3) is 5.56 Å². The van der Waals surface area contributed by atoms with Gasteiger partial charge >= 0.3 is 5.69 Å². The van der Waals surface area contributed by atoms with E-state index in [0.717, 1.165) is 22.5 Å². The van der Waals surface area contributed by atoms with Crippen molar-refractivity contribution in [3.63, 3.8) is 0 Å². The zero-order chi connectivity index (χ0) is 22.4. The number of fused-ring (bicyclic) bond motifs is 1. The van der Waals surface area contributed by atoms with Crippen LogP contribution in [0.2, 0.25) is 0 Å². The van der Waals surface area contributed by atoms with Gasteiger partial charge in [0.15, 0.2) is 11.2 Å². The summed E-state index contributed by atoms with van der Waals surface area (Å²) in [6.07, 6.45) is 0. The molecule has 0 saturated carbocycles. The van der Waals surface area contributed by atoms with Crippen molar-refractivity contribution in [3.05, 3.63) is 73.7 Å². The minimum atomic E-state index is -0.381. The van der Waals surface area contributed by atoms with Crippen molar-refractivity contribution in [2.45, 2.75) is 47.7 Å². The van der Waals surface area contributed by atoms with Gasteiger partial charge in [0.05, 0.1) is 12.2 Å². The molecule has 0 aliphatic carbocycles. The highest BCUT2D eigenvalue weighted by Crippen LogP contribution is 2.19. The first-order valence-corrected chi connectivity index (χ1v) is 10.5. The Kier molecular flexibility index (Phi) is 5.16. The third kappa shape index (κ3) is 3.62. The van der Waals surface area contributed by atoms with Crippen LogP contribution in [0.5, 0.6) is 0 Å². The van der Waals surface area contributed by atoms with E-state index < -0.39 is 0 Å². The highest BCUT2D eigenvalue weighted by Gasteiger charge is 2.23. The summed E-state index contributed by atoms with van der Waals surface area (Å²) in [5.74, 6) is 0.824. The largest absolute Gasteiger partial charge is 0.332 e. The van der Waals surface area contributed by atoms with E-state index in [0.29, 0.717) is 23.7 Å². The van der Waals surface area contributed by atoms with Crippen molar-refractivity contribution < 1.29 is 0 Å². The Hall–Kier alpha value is -3.42. The van der Waals surface area contributed by atoms with Crippen molar-refractivity contribution in [1.82, 2.24) is 28.5 Å². The number of aromatic nitrogens is 6. The van der Waals surface area contributed by atoms with Gasteiger partial charge in [0, 0.05) is 19.3 Å². The summed E-state index contributed by atoms with van der Waals surface area (Å²) < 4.78 is 6.39. The van der Waals surface area contributed by atoms with E-state index >= 15 is 0 Å². The Morgan fingerprint density at radius 2 is 1.77 bits per heavy atom. The molecule has 0 atom stereocenters. The molecule has 0 aliphatic rings. The second-order valence-electron chi connectivity index (χ2n) is 8.65. The molecule has 1 aromatic carbocycles. The molecule has 0 bridgehead atoms. The monoisotopic (exact) mass is 420 g/mol. The first-order chi connectivity index (χ1) is 14.7. The lowest BCUT2D eigenvalue weighted by atomic mass is 10.1. The van der Waals surface area contributed by atoms with Crippen LogP contribution in [0.25, 0.3) is 17.1 Å². The number of aryl methyl sites for hydroxylation is 4. The van der Waals surface area contributed by atoms with E-state index in [9.17, 15) is 9.59 Å². The van der Waals surface area contributed by atoms with Gasteiger partial charge in [-0.2, -0.15) is 10.1 Å². The van der Waals surface area contributed by atoms with Crippen molar-refractivity contribution in [2.24, 2.45) is 13.0 Å². The SMILES string of the molecule is Cc1cccc(Cn2c(=O)c3c(nc(-n4nc(C)cc4C)n3CC(C)C)n(C)c2=O)c1. The fourth-order valence-electron chi connectivity index (χ4n) is 4.02. The smallest absolute Gasteiger partial charge is 0.302 e. The number of imidazole rings is 1. The van der Waals surface area contributed by atoms with Crippen molar-refractivity contribution in [3.8, 4) is 5.95 Å². The van der Waals surface area contributed by atoms with Gasteiger partial charge in [0.2, 0.25) is 5.95 Å². The molecule has 0 fully saturated rings. The molecule has 0 spiro atoms. The third-order valence-electron chi connectivity index (χ3n) is 5.38. The van der Waals surface area contributed by atoms with Gasteiger partial charge in [-0.3, -0.25) is 13.9 Å². The average molecular weight is 421 g/mol. The molecule has 8 heteroatoms. The third-order valence-corrected chi connectivity index (χ3v) is 5.38. The molecule has 0 aliphatic heterocycles. The number of nitrogens with zero attached hydrogens (tertiary/aromatic N) is 6. The first-order valence-electron chi connectivity index (χ1n) is 10.5. The Morgan fingerprint density at radius 1 is 1.03 bits per heavy atom. The molecular formula is C23H28N6O2. The van der Waals surface area contributed by atoms with Crippen LogP contribution in [0.4, 0.5) is 0 Å². The zero-order valence-corrected chi connectivity index (χ0v) is 18.9. The highest BCUT2D eigenvalue weighted by atomic mass is 16.2. The Morgan fingerprint density at radius 3 is 2.39 bits per heavy atom. The molecule has 3 heterocycles. The van der Waals surface area contributed by atoms with E-state index in [1.165, 1.54) is 9.13 Å². The van der Waals surface area contributed by atoms with Crippen LogP contribution < -0.4 is 11.2 Å². The maximum atomic E-state index is 13.6. The molecule has 0 saturated heterocycles. The Labute approximate surface area is 180 Å². The van der Waals surface area contributed by atoms with Crippen molar-refractivity contribution in [1.29, 1.82) is 0 Å². The predicted molar refractivity (Wildman–Crippen MR) is 121 cm³/mol. The molecule has 0 amide bonds. The minimum Gasteiger partial charge on any atom is -0.302 e. The summed E-state index contributed by atoms with van der Waals surface area (Å²) in [6.45, 7) is 10.8. The maximum Gasteiger partial charge on any atom is 0.332 e. The summed E-state index contributed by atoms with van der Waals surface area (Å²) in [7, 11) is 1.66. The standard InChI is InChI=1S/C23H28N6O2/c1-14(2)12-27-19-20(24-22(27)29-17(5)11-16(4)25-29)26(6)23(31)28(21(19)30)13-18-9-7-8-15(3)10-18/h7-11,14H,12-13H2,1-6H3. The lowest BCUT2D eigenvalue weighted by Gasteiger charge is -2.13. The van der Waals surface area contributed by atoms with Gasteiger partial charge < -0.3 is 4.57 Å². The fourth-order valence-corrected chi connectivity index (χ4v) is 4.02. The number of hydrogen-bond donors (Lipinski definition) is 0. The van der Waals surface area contributed by atoms with Crippen LogP contribution in [0.15, 0.2) is 39.9 Å². The summed E-state index contributed by atoms with van der Waals surface area (Å²) in [6, 6.07) is 9.81. The quantitative estimate of drug-likeness (QED) is 0.497. The Balaban J connectivity index is 2.02.